The number of hydrogen-bond donors (Lipinski definition) is 1. The van der Waals surface area contributed by atoms with Gasteiger partial charge in [0.15, 0.2) is 0 Å². The van der Waals surface area contributed by atoms with Crippen LogP contribution in [0.25, 0.3) is 10.9 Å². The van der Waals surface area contributed by atoms with E-state index >= 15 is 0 Å². The molecule has 1 aromatic heterocycles. The topological polar surface area (TPSA) is 48.6 Å². The van der Waals surface area contributed by atoms with E-state index in [0.29, 0.717) is 11.7 Å². The fourth-order valence-electron chi connectivity index (χ4n) is 3.95. The number of aromatic nitrogens is 1. The molecule has 0 saturated carbocycles. The second kappa shape index (κ2) is 7.14. The van der Waals surface area contributed by atoms with Gasteiger partial charge in [0, 0.05) is 56.3 Å². The summed E-state index contributed by atoms with van der Waals surface area (Å²) in [6.07, 6.45) is 3.15. The summed E-state index contributed by atoms with van der Waals surface area (Å²) >= 11 is 0. The molecule has 0 radical (unpaired) electrons. The first kappa shape index (κ1) is 16.5. The Morgan fingerprint density at radius 3 is 2.80 bits per heavy atom. The van der Waals surface area contributed by atoms with E-state index in [1.165, 1.54) is 12.1 Å². The van der Waals surface area contributed by atoms with Gasteiger partial charge >= 0.3 is 0 Å². The summed E-state index contributed by atoms with van der Waals surface area (Å²) in [5, 5.41) is 0.738. The fourth-order valence-corrected chi connectivity index (χ4v) is 3.95. The molecule has 0 atom stereocenters. The molecule has 1 aromatic carbocycles. The Balaban J connectivity index is 1.44. The van der Waals surface area contributed by atoms with Crippen molar-refractivity contribution in [2.75, 3.05) is 39.4 Å². The van der Waals surface area contributed by atoms with Crippen LogP contribution in [0.15, 0.2) is 24.3 Å². The highest BCUT2D eigenvalue weighted by molar-refractivity contribution is 5.98. The molecule has 0 bridgehead atoms. The highest BCUT2D eigenvalue weighted by atomic mass is 19.1. The lowest BCUT2D eigenvalue weighted by molar-refractivity contribution is 0.0351. The first-order valence-electron chi connectivity index (χ1n) is 9.10. The summed E-state index contributed by atoms with van der Waals surface area (Å²) in [6.45, 7) is 5.13. The molecule has 3 heterocycles. The van der Waals surface area contributed by atoms with Crippen LogP contribution in [0.4, 0.5) is 4.39 Å². The van der Waals surface area contributed by atoms with Crippen LogP contribution in [0.2, 0.25) is 0 Å². The molecule has 0 unspecified atom stereocenters. The number of aromatic amines is 1. The Labute approximate surface area is 146 Å². The number of nitrogens with one attached hydrogen (secondary N) is 1. The smallest absolute Gasteiger partial charge is 0.270 e. The number of amides is 1. The van der Waals surface area contributed by atoms with Crippen LogP contribution >= 0.6 is 0 Å². The average Bonchev–Trinajstić information content (AvgIpc) is 2.89. The van der Waals surface area contributed by atoms with Gasteiger partial charge in [0.25, 0.3) is 5.91 Å². The SMILES string of the molecule is O=C(c1cc2cc(F)ccc2[nH]1)N1CCCN(C2CCOCC2)CC1. The second-order valence-corrected chi connectivity index (χ2v) is 6.94. The molecule has 4 rings (SSSR count). The van der Waals surface area contributed by atoms with Gasteiger partial charge in [-0.15, -0.1) is 0 Å². The van der Waals surface area contributed by atoms with Gasteiger partial charge < -0.3 is 14.6 Å². The van der Waals surface area contributed by atoms with E-state index in [1.807, 2.05) is 4.90 Å². The summed E-state index contributed by atoms with van der Waals surface area (Å²) in [5.41, 5.74) is 1.34. The van der Waals surface area contributed by atoms with Crippen LogP contribution in [0.3, 0.4) is 0 Å². The molecule has 0 spiro atoms. The first-order valence-corrected chi connectivity index (χ1v) is 9.10. The van der Waals surface area contributed by atoms with Crippen LogP contribution in [-0.4, -0.2) is 66.1 Å². The van der Waals surface area contributed by atoms with Gasteiger partial charge in [-0.05, 0) is 43.5 Å². The van der Waals surface area contributed by atoms with E-state index < -0.39 is 0 Å². The lowest BCUT2D eigenvalue weighted by Gasteiger charge is -2.33. The normalized spacial score (nSPS) is 20.8. The number of H-pyrrole nitrogens is 1. The van der Waals surface area contributed by atoms with Crippen LogP contribution in [0, 0.1) is 5.82 Å². The number of rotatable bonds is 2. The van der Waals surface area contributed by atoms with Gasteiger partial charge in [-0.25, -0.2) is 4.39 Å². The Bertz CT molecular complexity index is 754. The van der Waals surface area contributed by atoms with Crippen molar-refractivity contribution in [3.8, 4) is 0 Å². The quantitative estimate of drug-likeness (QED) is 0.910. The Hall–Kier alpha value is -1.92. The van der Waals surface area contributed by atoms with Crippen molar-refractivity contribution in [3.63, 3.8) is 0 Å². The Kier molecular flexibility index (Phi) is 4.72. The van der Waals surface area contributed by atoms with E-state index in [2.05, 4.69) is 9.88 Å². The summed E-state index contributed by atoms with van der Waals surface area (Å²) < 4.78 is 18.8. The number of halogens is 1. The lowest BCUT2D eigenvalue weighted by Crippen LogP contribution is -2.42. The molecule has 2 aromatic rings. The third-order valence-electron chi connectivity index (χ3n) is 5.34. The summed E-state index contributed by atoms with van der Waals surface area (Å²) in [6, 6.07) is 6.88. The lowest BCUT2D eigenvalue weighted by atomic mass is 10.1. The number of nitrogens with zero attached hydrogens (tertiary/aromatic N) is 2. The number of carbonyl (C=O) groups excluding carboxylic acids is 1. The standard InChI is InChI=1S/C19H24FN3O2/c20-15-2-3-17-14(12-15)13-18(21-17)19(24)23-7-1-6-22(8-9-23)16-4-10-25-11-5-16/h2-3,12-13,16,21H,1,4-11H2. The summed E-state index contributed by atoms with van der Waals surface area (Å²) in [7, 11) is 0. The maximum atomic E-state index is 13.4. The van der Waals surface area contributed by atoms with Crippen molar-refractivity contribution in [1.29, 1.82) is 0 Å². The molecule has 1 amide bonds. The van der Waals surface area contributed by atoms with E-state index in [9.17, 15) is 9.18 Å². The van der Waals surface area contributed by atoms with Gasteiger partial charge in [0.1, 0.15) is 11.5 Å². The minimum absolute atomic E-state index is 0.00503. The molecule has 2 fully saturated rings. The van der Waals surface area contributed by atoms with Gasteiger partial charge in [-0.2, -0.15) is 0 Å². The third-order valence-corrected chi connectivity index (χ3v) is 5.34. The molecule has 25 heavy (non-hydrogen) atoms. The molecule has 2 aliphatic rings. The average molecular weight is 345 g/mol. The van der Waals surface area contributed by atoms with Gasteiger partial charge in [-0.3, -0.25) is 9.69 Å². The molecule has 5 nitrogen and oxygen atoms in total. The third kappa shape index (κ3) is 3.55. The molecule has 2 saturated heterocycles. The molecule has 6 heteroatoms. The predicted octanol–water partition coefficient (Wildman–Crippen LogP) is 2.63. The minimum atomic E-state index is -0.285. The maximum absolute atomic E-state index is 13.4. The van der Waals surface area contributed by atoms with Gasteiger partial charge in [-0.1, -0.05) is 0 Å². The van der Waals surface area contributed by atoms with Crippen LogP contribution < -0.4 is 0 Å². The van der Waals surface area contributed by atoms with Crippen LogP contribution in [-0.2, 0) is 4.74 Å². The second-order valence-electron chi connectivity index (χ2n) is 6.94. The van der Waals surface area contributed by atoms with E-state index in [-0.39, 0.29) is 11.7 Å². The van der Waals surface area contributed by atoms with Crippen molar-refractivity contribution in [3.05, 3.63) is 35.8 Å². The monoisotopic (exact) mass is 345 g/mol. The van der Waals surface area contributed by atoms with Crippen molar-refractivity contribution in [1.82, 2.24) is 14.8 Å². The summed E-state index contributed by atoms with van der Waals surface area (Å²) in [5.74, 6) is -0.280. The van der Waals surface area contributed by atoms with Crippen molar-refractivity contribution < 1.29 is 13.9 Å². The molecule has 1 N–H and O–H groups in total. The number of fused-ring (bicyclic) bond motifs is 1. The zero-order valence-corrected chi connectivity index (χ0v) is 14.3. The fraction of sp³-hybridized carbons (Fsp3) is 0.526. The largest absolute Gasteiger partial charge is 0.381 e. The van der Waals surface area contributed by atoms with Gasteiger partial charge in [0.2, 0.25) is 0 Å². The molecular weight excluding hydrogens is 321 g/mol. The zero-order chi connectivity index (χ0) is 17.2. The predicted molar refractivity (Wildman–Crippen MR) is 94.2 cm³/mol. The maximum Gasteiger partial charge on any atom is 0.270 e. The molecule has 2 aliphatic heterocycles. The Morgan fingerprint density at radius 2 is 1.96 bits per heavy atom. The molecular formula is C19H24FN3O2. The number of benzene rings is 1. The molecule has 0 aliphatic carbocycles. The van der Waals surface area contributed by atoms with E-state index in [0.717, 1.165) is 69.6 Å². The van der Waals surface area contributed by atoms with Crippen molar-refractivity contribution in [2.45, 2.75) is 25.3 Å². The zero-order valence-electron chi connectivity index (χ0n) is 14.3. The minimum Gasteiger partial charge on any atom is -0.381 e. The van der Waals surface area contributed by atoms with Crippen molar-refractivity contribution >= 4 is 16.8 Å². The molecule has 134 valence electrons. The van der Waals surface area contributed by atoms with E-state index in [4.69, 9.17) is 4.74 Å². The highest BCUT2D eigenvalue weighted by Gasteiger charge is 2.26. The number of carbonyl (C=O) groups is 1. The number of ether oxygens (including phenoxy) is 1. The number of hydrogen-bond acceptors (Lipinski definition) is 3. The Morgan fingerprint density at radius 1 is 1.12 bits per heavy atom. The van der Waals surface area contributed by atoms with Crippen molar-refractivity contribution in [2.24, 2.45) is 0 Å². The van der Waals surface area contributed by atoms with Crippen LogP contribution in [0.5, 0.6) is 0 Å². The highest BCUT2D eigenvalue weighted by Crippen LogP contribution is 2.20. The van der Waals surface area contributed by atoms with E-state index in [1.54, 1.807) is 12.1 Å². The van der Waals surface area contributed by atoms with Crippen LogP contribution in [0.1, 0.15) is 29.8 Å². The summed E-state index contributed by atoms with van der Waals surface area (Å²) in [4.78, 5) is 20.4. The first-order chi connectivity index (χ1) is 12.2. The van der Waals surface area contributed by atoms with Gasteiger partial charge in [0.05, 0.1) is 0 Å².